The fourth-order valence-corrected chi connectivity index (χ4v) is 3.02. The van der Waals surface area contributed by atoms with Gasteiger partial charge >= 0.3 is 11.7 Å². The number of rotatable bonds is 3. The lowest BCUT2D eigenvalue weighted by atomic mass is 10.2. The first-order valence-corrected chi connectivity index (χ1v) is 7.65. The van der Waals surface area contributed by atoms with Gasteiger partial charge in [0.25, 0.3) is 5.56 Å². The van der Waals surface area contributed by atoms with Crippen molar-refractivity contribution in [1.82, 2.24) is 19.1 Å². The molecule has 0 amide bonds. The Hall–Kier alpha value is -2.58. The van der Waals surface area contributed by atoms with Crippen LogP contribution in [0.25, 0.3) is 11.2 Å². The molecule has 2 N–H and O–H groups in total. The van der Waals surface area contributed by atoms with Gasteiger partial charge in [-0.05, 0) is 12.8 Å². The standard InChI is InChI=1S/C14H19N5O4/c1-17-11-10(12(22)16-14(17)23)19(8-9(20)21)13(15-11)18-6-4-2-3-5-7-18/h2-8H2,1H3,(H,20,21)(H,16,22,23). The van der Waals surface area contributed by atoms with E-state index in [9.17, 15) is 19.5 Å². The van der Waals surface area contributed by atoms with Crippen LogP contribution in [0.3, 0.4) is 0 Å². The fourth-order valence-electron chi connectivity index (χ4n) is 3.02. The third-order valence-electron chi connectivity index (χ3n) is 4.17. The molecule has 0 bridgehead atoms. The van der Waals surface area contributed by atoms with E-state index >= 15 is 0 Å². The number of H-pyrrole nitrogens is 1. The Morgan fingerprint density at radius 2 is 1.87 bits per heavy atom. The van der Waals surface area contributed by atoms with Gasteiger partial charge in [0.2, 0.25) is 5.95 Å². The van der Waals surface area contributed by atoms with Crippen molar-refractivity contribution in [3.05, 3.63) is 20.8 Å². The van der Waals surface area contributed by atoms with Crippen molar-refractivity contribution < 1.29 is 9.90 Å². The second-order valence-electron chi connectivity index (χ2n) is 5.78. The molecule has 0 spiro atoms. The molecule has 1 aliphatic heterocycles. The Labute approximate surface area is 131 Å². The summed E-state index contributed by atoms with van der Waals surface area (Å²) in [6.45, 7) is 1.15. The van der Waals surface area contributed by atoms with Gasteiger partial charge in [0.05, 0.1) is 0 Å². The van der Waals surface area contributed by atoms with Crippen molar-refractivity contribution in [3.63, 3.8) is 0 Å². The minimum atomic E-state index is -1.06. The van der Waals surface area contributed by atoms with Gasteiger partial charge in [-0.2, -0.15) is 4.98 Å². The number of aliphatic carboxylic acids is 1. The van der Waals surface area contributed by atoms with Crippen molar-refractivity contribution in [3.8, 4) is 0 Å². The summed E-state index contributed by atoms with van der Waals surface area (Å²) in [7, 11) is 1.50. The highest BCUT2D eigenvalue weighted by Crippen LogP contribution is 2.22. The Balaban J connectivity index is 2.25. The first-order chi connectivity index (χ1) is 11.0. The number of aromatic nitrogens is 4. The number of nitrogens with zero attached hydrogens (tertiary/aromatic N) is 4. The second-order valence-corrected chi connectivity index (χ2v) is 5.78. The quantitative estimate of drug-likeness (QED) is 0.815. The number of carboxylic acid groups (broad SMARTS) is 1. The lowest BCUT2D eigenvalue weighted by molar-refractivity contribution is -0.137. The minimum absolute atomic E-state index is 0.119. The van der Waals surface area contributed by atoms with Crippen molar-refractivity contribution in [2.45, 2.75) is 32.2 Å². The summed E-state index contributed by atoms with van der Waals surface area (Å²) in [4.78, 5) is 43.8. The second kappa shape index (κ2) is 5.90. The maximum absolute atomic E-state index is 12.2. The molecule has 2 aromatic heterocycles. The molecule has 3 heterocycles. The van der Waals surface area contributed by atoms with Crippen LogP contribution >= 0.6 is 0 Å². The van der Waals surface area contributed by atoms with Gasteiger partial charge < -0.3 is 10.0 Å². The van der Waals surface area contributed by atoms with Gasteiger partial charge in [0, 0.05) is 20.1 Å². The number of carboxylic acids is 1. The summed E-state index contributed by atoms with van der Waals surface area (Å²) in [6.07, 6.45) is 4.22. The van der Waals surface area contributed by atoms with E-state index in [1.54, 1.807) is 0 Å². The van der Waals surface area contributed by atoms with Gasteiger partial charge in [-0.15, -0.1) is 0 Å². The fraction of sp³-hybridized carbons (Fsp3) is 0.571. The first kappa shape index (κ1) is 15.3. The summed E-state index contributed by atoms with van der Waals surface area (Å²) in [5.74, 6) is -0.621. The molecule has 0 unspecified atom stereocenters. The van der Waals surface area contributed by atoms with Crippen LogP contribution in [0.4, 0.5) is 5.95 Å². The summed E-state index contributed by atoms with van der Waals surface area (Å²) in [5, 5.41) is 9.19. The highest BCUT2D eigenvalue weighted by atomic mass is 16.4. The molecule has 1 fully saturated rings. The first-order valence-electron chi connectivity index (χ1n) is 7.65. The Bertz CT molecular complexity index is 854. The van der Waals surface area contributed by atoms with Gasteiger partial charge in [-0.1, -0.05) is 12.8 Å². The summed E-state index contributed by atoms with van der Waals surface area (Å²) < 4.78 is 2.62. The van der Waals surface area contributed by atoms with E-state index < -0.39 is 17.2 Å². The lowest BCUT2D eigenvalue weighted by Crippen LogP contribution is -2.30. The van der Waals surface area contributed by atoms with E-state index in [-0.39, 0.29) is 17.7 Å². The molecule has 124 valence electrons. The Morgan fingerprint density at radius 3 is 2.48 bits per heavy atom. The number of hydrogen-bond donors (Lipinski definition) is 2. The van der Waals surface area contributed by atoms with Crippen LogP contribution in [0.1, 0.15) is 25.7 Å². The average molecular weight is 321 g/mol. The average Bonchev–Trinajstić information content (AvgIpc) is 2.69. The molecule has 2 aromatic rings. The van der Waals surface area contributed by atoms with Crippen molar-refractivity contribution in [1.29, 1.82) is 0 Å². The number of nitrogens with one attached hydrogen (secondary N) is 1. The van der Waals surface area contributed by atoms with Crippen LogP contribution in [-0.4, -0.2) is 43.3 Å². The number of fused-ring (bicyclic) bond motifs is 1. The molecule has 23 heavy (non-hydrogen) atoms. The molecular formula is C14H19N5O4. The third kappa shape index (κ3) is 2.73. The van der Waals surface area contributed by atoms with E-state index in [0.717, 1.165) is 38.8 Å². The van der Waals surface area contributed by atoms with Gasteiger partial charge in [-0.3, -0.25) is 23.7 Å². The van der Waals surface area contributed by atoms with Crippen molar-refractivity contribution in [2.24, 2.45) is 7.05 Å². The van der Waals surface area contributed by atoms with Gasteiger partial charge in [0.1, 0.15) is 6.54 Å². The highest BCUT2D eigenvalue weighted by molar-refractivity contribution is 5.78. The molecule has 3 rings (SSSR count). The van der Waals surface area contributed by atoms with Crippen LogP contribution in [0.2, 0.25) is 0 Å². The van der Waals surface area contributed by atoms with Crippen LogP contribution < -0.4 is 16.1 Å². The maximum atomic E-state index is 12.2. The molecule has 0 atom stereocenters. The van der Waals surface area contributed by atoms with Crippen LogP contribution in [0.5, 0.6) is 0 Å². The lowest BCUT2D eigenvalue weighted by Gasteiger charge is -2.21. The normalized spacial score (nSPS) is 15.8. The zero-order valence-corrected chi connectivity index (χ0v) is 12.9. The van der Waals surface area contributed by atoms with E-state index in [4.69, 9.17) is 0 Å². The SMILES string of the molecule is Cn1c(=O)[nH]c(=O)c2c1nc(N1CCCCCC1)n2CC(=O)O. The molecule has 0 aliphatic carbocycles. The molecule has 9 nitrogen and oxygen atoms in total. The number of hydrogen-bond acceptors (Lipinski definition) is 5. The predicted molar refractivity (Wildman–Crippen MR) is 83.9 cm³/mol. The molecule has 9 heteroatoms. The highest BCUT2D eigenvalue weighted by Gasteiger charge is 2.23. The summed E-state index contributed by atoms with van der Waals surface area (Å²) in [6, 6.07) is 0. The van der Waals surface area contributed by atoms with Crippen molar-refractivity contribution >= 4 is 23.1 Å². The van der Waals surface area contributed by atoms with Crippen LogP contribution in [-0.2, 0) is 18.4 Å². The zero-order chi connectivity index (χ0) is 16.6. The number of aromatic amines is 1. The van der Waals surface area contributed by atoms with E-state index in [1.807, 2.05) is 4.90 Å². The Kier molecular flexibility index (Phi) is 3.93. The smallest absolute Gasteiger partial charge is 0.329 e. The van der Waals surface area contributed by atoms with Gasteiger partial charge in [-0.25, -0.2) is 4.79 Å². The minimum Gasteiger partial charge on any atom is -0.480 e. The maximum Gasteiger partial charge on any atom is 0.329 e. The van der Waals surface area contributed by atoms with E-state index in [0.29, 0.717) is 5.95 Å². The van der Waals surface area contributed by atoms with Crippen molar-refractivity contribution in [2.75, 3.05) is 18.0 Å². The molecule has 0 aromatic carbocycles. The summed E-state index contributed by atoms with van der Waals surface area (Å²) >= 11 is 0. The molecule has 0 radical (unpaired) electrons. The molecule has 1 aliphatic rings. The molecule has 0 saturated carbocycles. The monoisotopic (exact) mass is 321 g/mol. The summed E-state index contributed by atoms with van der Waals surface area (Å²) in [5.41, 5.74) is -0.851. The topological polar surface area (TPSA) is 113 Å². The van der Waals surface area contributed by atoms with Crippen LogP contribution in [0, 0.1) is 0 Å². The number of aryl methyl sites for hydroxylation is 1. The van der Waals surface area contributed by atoms with Gasteiger partial charge in [0.15, 0.2) is 11.2 Å². The Morgan fingerprint density at radius 1 is 1.22 bits per heavy atom. The van der Waals surface area contributed by atoms with Crippen LogP contribution in [0.15, 0.2) is 9.59 Å². The third-order valence-corrected chi connectivity index (χ3v) is 4.17. The largest absolute Gasteiger partial charge is 0.480 e. The van der Waals surface area contributed by atoms with E-state index in [2.05, 4.69) is 9.97 Å². The molecule has 1 saturated heterocycles. The number of imidazole rings is 1. The predicted octanol–water partition coefficient (Wildman–Crippen LogP) is -0.112. The van der Waals surface area contributed by atoms with E-state index in [1.165, 1.54) is 16.2 Å². The molecular weight excluding hydrogens is 302 g/mol. The number of carbonyl (C=O) groups is 1. The zero-order valence-electron chi connectivity index (χ0n) is 12.9. The number of anilines is 1.